The fourth-order valence-electron chi connectivity index (χ4n) is 4.19. The number of carboxylic acid groups (broad SMARTS) is 1. The summed E-state index contributed by atoms with van der Waals surface area (Å²) in [7, 11) is 3.25. The van der Waals surface area contributed by atoms with Crippen molar-refractivity contribution >= 4 is 23.5 Å². The largest absolute Gasteiger partial charge is 0.497 e. The van der Waals surface area contributed by atoms with E-state index in [2.05, 4.69) is 10.4 Å². The van der Waals surface area contributed by atoms with Crippen molar-refractivity contribution in [1.82, 2.24) is 15.1 Å². The van der Waals surface area contributed by atoms with Crippen molar-refractivity contribution in [2.45, 2.75) is 31.6 Å². The first-order valence-electron chi connectivity index (χ1n) is 12.6. The molecule has 0 radical (unpaired) electrons. The lowest BCUT2D eigenvalue weighted by molar-refractivity contribution is -0.147. The Morgan fingerprint density at radius 3 is 2.40 bits per heavy atom. The number of nitrogens with zero attached hydrogens (tertiary/aromatic N) is 2. The number of hydrogen-bond acceptors (Lipinski definition) is 6. The van der Waals surface area contributed by atoms with Gasteiger partial charge in [0.2, 0.25) is 5.88 Å². The number of methoxy groups -OCH3 is 1. The number of aliphatic hydroxyl groups is 1. The average molecular weight is 564 g/mol. The number of carboxylic acids is 1. The minimum atomic E-state index is -1.67. The highest BCUT2D eigenvalue weighted by molar-refractivity contribution is 6.31. The van der Waals surface area contributed by atoms with Crippen LogP contribution in [0.25, 0.3) is 11.1 Å². The maximum atomic E-state index is 13.1. The molecule has 0 fully saturated rings. The van der Waals surface area contributed by atoms with Crippen LogP contribution in [0.5, 0.6) is 11.6 Å². The smallest absolute Gasteiger partial charge is 0.332 e. The molecule has 10 heteroatoms. The molecule has 9 nitrogen and oxygen atoms in total. The number of hydrogen-bond donors (Lipinski definition) is 3. The first-order valence-corrected chi connectivity index (χ1v) is 13.0. The van der Waals surface area contributed by atoms with Gasteiger partial charge in [-0.05, 0) is 46.9 Å². The highest BCUT2D eigenvalue weighted by Gasteiger charge is 2.25. The standard InChI is InChI=1S/C30H30ClN3O6/c1-34-28(40-18-19-8-12-24(39-2)13-9-19)17-26(33-34)29(36)32-23(16-27(35)30(37)38)14-22-11-10-21(15-25(22)31)20-6-4-3-5-7-20/h3-13,15,17,23,27,35H,14,16,18H2,1-2H3,(H,32,36)(H,37,38)/t23-,27-/m1/s1. The summed E-state index contributed by atoms with van der Waals surface area (Å²) in [6, 6.07) is 23.5. The summed E-state index contributed by atoms with van der Waals surface area (Å²) in [5, 5.41) is 26.8. The van der Waals surface area contributed by atoms with E-state index < -0.39 is 24.0 Å². The average Bonchev–Trinajstić information content (AvgIpc) is 3.34. The molecule has 4 rings (SSSR count). The van der Waals surface area contributed by atoms with Crippen molar-refractivity contribution < 1.29 is 29.3 Å². The van der Waals surface area contributed by atoms with Crippen molar-refractivity contribution in [3.8, 4) is 22.8 Å². The maximum Gasteiger partial charge on any atom is 0.332 e. The molecule has 0 aliphatic rings. The summed E-state index contributed by atoms with van der Waals surface area (Å²) in [5.74, 6) is -0.798. The normalized spacial score (nSPS) is 12.4. The van der Waals surface area contributed by atoms with E-state index in [0.717, 1.165) is 22.4 Å². The zero-order valence-electron chi connectivity index (χ0n) is 22.1. The van der Waals surface area contributed by atoms with Gasteiger partial charge in [-0.1, -0.05) is 66.2 Å². The van der Waals surface area contributed by atoms with Crippen LogP contribution in [-0.2, 0) is 24.9 Å². The number of carbonyl (C=O) groups excluding carboxylic acids is 1. The van der Waals surface area contributed by atoms with Gasteiger partial charge >= 0.3 is 5.97 Å². The van der Waals surface area contributed by atoms with Gasteiger partial charge in [0, 0.05) is 30.6 Å². The molecule has 40 heavy (non-hydrogen) atoms. The summed E-state index contributed by atoms with van der Waals surface area (Å²) >= 11 is 6.57. The van der Waals surface area contributed by atoms with E-state index in [0.29, 0.717) is 16.5 Å². The van der Waals surface area contributed by atoms with E-state index in [-0.39, 0.29) is 25.1 Å². The minimum Gasteiger partial charge on any atom is -0.497 e. The van der Waals surface area contributed by atoms with E-state index in [1.165, 1.54) is 10.7 Å². The highest BCUT2D eigenvalue weighted by atomic mass is 35.5. The predicted molar refractivity (Wildman–Crippen MR) is 151 cm³/mol. The van der Waals surface area contributed by atoms with Crippen LogP contribution < -0.4 is 14.8 Å². The minimum absolute atomic E-state index is 0.0903. The fraction of sp³-hybridized carbons (Fsp3) is 0.233. The molecule has 0 spiro atoms. The molecule has 3 aromatic carbocycles. The lowest BCUT2D eigenvalue weighted by Crippen LogP contribution is -2.40. The molecule has 0 aliphatic heterocycles. The number of carbonyl (C=O) groups is 2. The first-order chi connectivity index (χ1) is 19.2. The topological polar surface area (TPSA) is 123 Å². The van der Waals surface area contributed by atoms with Gasteiger partial charge in [-0.3, -0.25) is 4.79 Å². The Bertz CT molecular complexity index is 1460. The number of aryl methyl sites for hydroxylation is 1. The van der Waals surface area contributed by atoms with E-state index in [1.54, 1.807) is 14.2 Å². The Morgan fingerprint density at radius 2 is 1.75 bits per heavy atom. The van der Waals surface area contributed by atoms with Gasteiger partial charge in [0.25, 0.3) is 5.91 Å². The number of rotatable bonds is 12. The summed E-state index contributed by atoms with van der Waals surface area (Å²) < 4.78 is 12.4. The van der Waals surface area contributed by atoms with Crippen molar-refractivity contribution in [3.63, 3.8) is 0 Å². The van der Waals surface area contributed by atoms with Gasteiger partial charge < -0.3 is 25.0 Å². The molecule has 1 aromatic heterocycles. The van der Waals surface area contributed by atoms with Crippen LogP contribution in [-0.4, -0.2) is 51.1 Å². The van der Waals surface area contributed by atoms with Crippen LogP contribution in [0.15, 0.2) is 78.9 Å². The van der Waals surface area contributed by atoms with Crippen LogP contribution in [0, 0.1) is 0 Å². The Labute approximate surface area is 236 Å². The zero-order chi connectivity index (χ0) is 28.6. The van der Waals surface area contributed by atoms with Gasteiger partial charge in [0.05, 0.1) is 7.11 Å². The number of halogens is 1. The molecule has 2 atom stereocenters. The lowest BCUT2D eigenvalue weighted by Gasteiger charge is -2.21. The monoisotopic (exact) mass is 563 g/mol. The molecule has 0 saturated carbocycles. The van der Waals surface area contributed by atoms with Gasteiger partial charge in [-0.25, -0.2) is 9.48 Å². The van der Waals surface area contributed by atoms with Gasteiger partial charge in [0.1, 0.15) is 12.4 Å². The summed E-state index contributed by atoms with van der Waals surface area (Å²) in [6.45, 7) is 0.259. The predicted octanol–water partition coefficient (Wildman–Crippen LogP) is 4.50. The molecule has 1 heterocycles. The van der Waals surface area contributed by atoms with Gasteiger partial charge in [0.15, 0.2) is 11.8 Å². The molecule has 3 N–H and O–H groups in total. The van der Waals surface area contributed by atoms with Crippen LogP contribution >= 0.6 is 11.6 Å². The molecule has 0 saturated heterocycles. The Hall–Kier alpha value is -4.34. The van der Waals surface area contributed by atoms with E-state index in [1.807, 2.05) is 72.8 Å². The second-order valence-electron chi connectivity index (χ2n) is 9.26. The third kappa shape index (κ3) is 7.40. The van der Waals surface area contributed by atoms with E-state index >= 15 is 0 Å². The van der Waals surface area contributed by atoms with Crippen LogP contribution in [0.3, 0.4) is 0 Å². The fourth-order valence-corrected chi connectivity index (χ4v) is 4.44. The van der Waals surface area contributed by atoms with Crippen LogP contribution in [0.2, 0.25) is 5.02 Å². The maximum absolute atomic E-state index is 13.1. The van der Waals surface area contributed by atoms with Crippen molar-refractivity contribution in [2.24, 2.45) is 7.05 Å². The third-order valence-corrected chi connectivity index (χ3v) is 6.72. The third-order valence-electron chi connectivity index (χ3n) is 6.37. The molecular formula is C30H30ClN3O6. The second kappa shape index (κ2) is 13.1. The molecule has 1 amide bonds. The van der Waals surface area contributed by atoms with E-state index in [9.17, 15) is 19.8 Å². The van der Waals surface area contributed by atoms with Gasteiger partial charge in [-0.2, -0.15) is 5.10 Å². The molecule has 0 bridgehead atoms. The summed E-state index contributed by atoms with van der Waals surface area (Å²) in [6.07, 6.45) is -1.68. The van der Waals surface area contributed by atoms with Crippen molar-refractivity contribution in [3.05, 3.63) is 101 Å². The molecule has 208 valence electrons. The Kier molecular flexibility index (Phi) is 9.42. The number of nitrogens with one attached hydrogen (secondary N) is 1. The van der Waals surface area contributed by atoms with Crippen LogP contribution in [0.4, 0.5) is 0 Å². The Balaban J connectivity index is 1.46. The zero-order valence-corrected chi connectivity index (χ0v) is 22.8. The summed E-state index contributed by atoms with van der Waals surface area (Å²) in [4.78, 5) is 24.5. The van der Waals surface area contributed by atoms with Gasteiger partial charge in [-0.15, -0.1) is 0 Å². The molecule has 0 unspecified atom stereocenters. The number of amides is 1. The van der Waals surface area contributed by atoms with E-state index in [4.69, 9.17) is 21.1 Å². The van der Waals surface area contributed by atoms with Crippen molar-refractivity contribution in [1.29, 1.82) is 0 Å². The molecular weight excluding hydrogens is 534 g/mol. The quantitative estimate of drug-likeness (QED) is 0.232. The highest BCUT2D eigenvalue weighted by Crippen LogP contribution is 2.27. The SMILES string of the molecule is COc1ccc(COc2cc(C(=O)N[C@H](Cc3ccc(-c4ccccc4)cc3Cl)C[C@@H](O)C(=O)O)nn2C)cc1. The van der Waals surface area contributed by atoms with Crippen molar-refractivity contribution in [2.75, 3.05) is 7.11 Å². The molecule has 0 aliphatic carbocycles. The lowest BCUT2D eigenvalue weighted by atomic mass is 9.97. The number of aromatic nitrogens is 2. The second-order valence-corrected chi connectivity index (χ2v) is 9.67. The number of aliphatic hydroxyl groups excluding tert-OH is 1. The number of benzene rings is 3. The molecule has 4 aromatic rings. The van der Waals surface area contributed by atoms with Crippen LogP contribution in [0.1, 0.15) is 28.0 Å². The number of aliphatic carboxylic acids is 1. The first kappa shape index (κ1) is 28.7. The number of ether oxygens (including phenoxy) is 2. The Morgan fingerprint density at radius 1 is 1.02 bits per heavy atom. The summed E-state index contributed by atoms with van der Waals surface area (Å²) in [5.41, 5.74) is 3.63.